The highest BCUT2D eigenvalue weighted by atomic mass is 16.6. The molecule has 0 aromatic heterocycles. The number of carbonyl (C=O) groups is 2. The fourth-order valence-electron chi connectivity index (χ4n) is 2.26. The molecule has 1 rings (SSSR count). The molecule has 6 nitrogen and oxygen atoms in total. The Bertz CT molecular complexity index is 369. The van der Waals surface area contributed by atoms with E-state index in [0.717, 1.165) is 12.8 Å². The van der Waals surface area contributed by atoms with Crippen LogP contribution >= 0.6 is 0 Å². The van der Waals surface area contributed by atoms with Gasteiger partial charge in [0.1, 0.15) is 11.6 Å². The number of nitrogens with one attached hydrogen (secondary N) is 1. The second kappa shape index (κ2) is 7.11. The third kappa shape index (κ3) is 5.91. The zero-order valence-corrected chi connectivity index (χ0v) is 13.8. The monoisotopic (exact) mass is 299 g/mol. The molecule has 122 valence electrons. The van der Waals surface area contributed by atoms with Crippen LogP contribution in [0.4, 0.5) is 4.79 Å². The van der Waals surface area contributed by atoms with Crippen LogP contribution in [0.1, 0.15) is 47.5 Å². The van der Waals surface area contributed by atoms with E-state index in [2.05, 4.69) is 5.32 Å². The number of ether oxygens (including phenoxy) is 1. The molecule has 1 heterocycles. The van der Waals surface area contributed by atoms with Crippen molar-refractivity contribution in [1.82, 2.24) is 10.2 Å². The number of nitrogens with two attached hydrogens (primary N) is 1. The molecule has 0 aromatic carbocycles. The summed E-state index contributed by atoms with van der Waals surface area (Å²) in [5, 5.41) is 2.70. The molecular formula is C15H29N3O3. The lowest BCUT2D eigenvalue weighted by Gasteiger charge is -2.34. The van der Waals surface area contributed by atoms with E-state index in [1.165, 1.54) is 0 Å². The summed E-state index contributed by atoms with van der Waals surface area (Å²) in [4.78, 5) is 26.2. The fourth-order valence-corrected chi connectivity index (χ4v) is 2.26. The number of alkyl carbamates (subject to hydrolysis) is 1. The van der Waals surface area contributed by atoms with Gasteiger partial charge in [-0.15, -0.1) is 0 Å². The second-order valence-electron chi connectivity index (χ2n) is 7.03. The summed E-state index contributed by atoms with van der Waals surface area (Å²) in [6.45, 7) is 10.5. The van der Waals surface area contributed by atoms with E-state index in [9.17, 15) is 9.59 Å². The van der Waals surface area contributed by atoms with Gasteiger partial charge in [0.2, 0.25) is 5.91 Å². The second-order valence-corrected chi connectivity index (χ2v) is 7.03. The predicted octanol–water partition coefficient (Wildman–Crippen LogP) is 1.49. The molecule has 0 unspecified atom stereocenters. The Morgan fingerprint density at radius 1 is 1.24 bits per heavy atom. The van der Waals surface area contributed by atoms with Crippen LogP contribution in [0.3, 0.4) is 0 Å². The molecule has 3 N–H and O–H groups in total. The van der Waals surface area contributed by atoms with E-state index in [1.807, 2.05) is 13.8 Å². The van der Waals surface area contributed by atoms with Gasteiger partial charge in [0.15, 0.2) is 0 Å². The lowest BCUT2D eigenvalue weighted by atomic mass is 10.00. The molecule has 0 aromatic rings. The van der Waals surface area contributed by atoms with E-state index in [1.54, 1.807) is 25.7 Å². The quantitative estimate of drug-likeness (QED) is 0.827. The maximum Gasteiger partial charge on any atom is 0.408 e. The van der Waals surface area contributed by atoms with Crippen molar-refractivity contribution in [1.29, 1.82) is 0 Å². The Morgan fingerprint density at radius 2 is 1.76 bits per heavy atom. The summed E-state index contributed by atoms with van der Waals surface area (Å²) in [5.74, 6) is -0.0524. The molecule has 1 saturated heterocycles. The first-order valence-corrected chi connectivity index (χ1v) is 7.64. The van der Waals surface area contributed by atoms with Crippen LogP contribution in [-0.4, -0.2) is 47.7 Å². The van der Waals surface area contributed by atoms with Crippen LogP contribution in [-0.2, 0) is 9.53 Å². The fraction of sp³-hybridized carbons (Fsp3) is 0.867. The molecule has 0 saturated carbocycles. The van der Waals surface area contributed by atoms with Crippen LogP contribution < -0.4 is 11.1 Å². The van der Waals surface area contributed by atoms with E-state index in [4.69, 9.17) is 10.5 Å². The van der Waals surface area contributed by atoms with Gasteiger partial charge in [0.05, 0.1) is 0 Å². The van der Waals surface area contributed by atoms with Gasteiger partial charge in [-0.2, -0.15) is 0 Å². The highest BCUT2D eigenvalue weighted by Crippen LogP contribution is 2.14. The molecule has 0 aliphatic carbocycles. The first kappa shape index (κ1) is 17.8. The van der Waals surface area contributed by atoms with E-state index < -0.39 is 17.7 Å². The van der Waals surface area contributed by atoms with Gasteiger partial charge in [0.25, 0.3) is 0 Å². The van der Waals surface area contributed by atoms with Crippen molar-refractivity contribution in [2.24, 2.45) is 11.7 Å². The van der Waals surface area contributed by atoms with Crippen LogP contribution in [0.5, 0.6) is 0 Å². The molecular weight excluding hydrogens is 270 g/mol. The maximum atomic E-state index is 12.6. The Hall–Kier alpha value is -1.30. The molecule has 1 aliphatic heterocycles. The minimum absolute atomic E-state index is 0.000573. The van der Waals surface area contributed by atoms with Crippen LogP contribution in [0, 0.1) is 5.92 Å². The third-order valence-corrected chi connectivity index (χ3v) is 3.46. The maximum absolute atomic E-state index is 12.6. The lowest BCUT2D eigenvalue weighted by molar-refractivity contribution is -0.135. The van der Waals surface area contributed by atoms with Gasteiger partial charge in [-0.3, -0.25) is 4.79 Å². The van der Waals surface area contributed by atoms with E-state index in [-0.39, 0.29) is 17.9 Å². The summed E-state index contributed by atoms with van der Waals surface area (Å²) < 4.78 is 5.23. The molecule has 0 bridgehead atoms. The summed E-state index contributed by atoms with van der Waals surface area (Å²) in [6.07, 6.45) is 1.06. The zero-order valence-electron chi connectivity index (χ0n) is 13.8. The molecule has 2 amide bonds. The van der Waals surface area contributed by atoms with Crippen molar-refractivity contribution in [3.05, 3.63) is 0 Å². The first-order valence-electron chi connectivity index (χ1n) is 7.64. The minimum atomic E-state index is -0.577. The molecule has 0 spiro atoms. The summed E-state index contributed by atoms with van der Waals surface area (Å²) in [5.41, 5.74) is 5.28. The molecule has 6 heteroatoms. The molecule has 1 fully saturated rings. The Morgan fingerprint density at radius 3 is 2.19 bits per heavy atom. The highest BCUT2D eigenvalue weighted by Gasteiger charge is 2.31. The Balaban J connectivity index is 2.64. The van der Waals surface area contributed by atoms with Crippen molar-refractivity contribution in [2.45, 2.75) is 65.1 Å². The molecule has 1 atom stereocenters. The summed E-state index contributed by atoms with van der Waals surface area (Å²) >= 11 is 0. The Kier molecular flexibility index (Phi) is 6.01. The number of hydrogen-bond acceptors (Lipinski definition) is 4. The number of carbonyl (C=O) groups excluding carboxylic acids is 2. The highest BCUT2D eigenvalue weighted by molar-refractivity contribution is 5.86. The van der Waals surface area contributed by atoms with Crippen LogP contribution in [0.2, 0.25) is 0 Å². The molecule has 1 aliphatic rings. The SMILES string of the molecule is CC(C)[C@@H](NC(=O)OC(C)(C)C)C(=O)N1CCC(N)CC1. The van der Waals surface area contributed by atoms with Gasteiger partial charge < -0.3 is 20.7 Å². The van der Waals surface area contributed by atoms with Gasteiger partial charge in [0, 0.05) is 19.1 Å². The number of amides is 2. The van der Waals surface area contributed by atoms with Crippen molar-refractivity contribution in [2.75, 3.05) is 13.1 Å². The third-order valence-electron chi connectivity index (χ3n) is 3.46. The van der Waals surface area contributed by atoms with Crippen molar-refractivity contribution < 1.29 is 14.3 Å². The predicted molar refractivity (Wildman–Crippen MR) is 81.8 cm³/mol. The van der Waals surface area contributed by atoms with Crippen LogP contribution in [0.15, 0.2) is 0 Å². The molecule has 21 heavy (non-hydrogen) atoms. The standard InChI is InChI=1S/C15H29N3O3/c1-10(2)12(17-14(20)21-15(3,4)5)13(19)18-8-6-11(16)7-9-18/h10-12H,6-9,16H2,1-5H3,(H,17,20)/t12-/m1/s1. The largest absolute Gasteiger partial charge is 0.444 e. The summed E-state index contributed by atoms with van der Waals surface area (Å²) in [7, 11) is 0. The normalized spacial score (nSPS) is 18.5. The van der Waals surface area contributed by atoms with Crippen molar-refractivity contribution >= 4 is 12.0 Å². The first-order chi connectivity index (χ1) is 9.60. The summed E-state index contributed by atoms with van der Waals surface area (Å²) in [6, 6.07) is -0.389. The van der Waals surface area contributed by atoms with E-state index >= 15 is 0 Å². The van der Waals surface area contributed by atoms with Crippen LogP contribution in [0.25, 0.3) is 0 Å². The topological polar surface area (TPSA) is 84.7 Å². The Labute approximate surface area is 127 Å². The van der Waals surface area contributed by atoms with Crippen molar-refractivity contribution in [3.8, 4) is 0 Å². The number of likely N-dealkylation sites (tertiary alicyclic amines) is 1. The number of rotatable bonds is 3. The minimum Gasteiger partial charge on any atom is -0.444 e. The zero-order chi connectivity index (χ0) is 16.2. The van der Waals surface area contributed by atoms with Gasteiger partial charge in [-0.05, 0) is 39.5 Å². The number of hydrogen-bond donors (Lipinski definition) is 2. The van der Waals surface area contributed by atoms with E-state index in [0.29, 0.717) is 13.1 Å². The van der Waals surface area contributed by atoms with Gasteiger partial charge in [-0.25, -0.2) is 4.79 Å². The average Bonchev–Trinajstić information content (AvgIpc) is 2.33. The van der Waals surface area contributed by atoms with Crippen molar-refractivity contribution in [3.63, 3.8) is 0 Å². The lowest BCUT2D eigenvalue weighted by Crippen LogP contribution is -2.54. The number of nitrogens with zero attached hydrogens (tertiary/aromatic N) is 1. The van der Waals surface area contributed by atoms with Gasteiger partial charge in [-0.1, -0.05) is 13.8 Å². The van der Waals surface area contributed by atoms with Gasteiger partial charge >= 0.3 is 6.09 Å². The number of piperidine rings is 1. The smallest absolute Gasteiger partial charge is 0.408 e. The average molecular weight is 299 g/mol. The molecule has 0 radical (unpaired) electrons.